The largest absolute Gasteiger partial charge is 0.508 e. The Morgan fingerprint density at radius 3 is 3.00 bits per heavy atom. The maximum absolute atomic E-state index is 9.58. The van der Waals surface area contributed by atoms with E-state index in [0.717, 1.165) is 0 Å². The Hall–Kier alpha value is -1.59. The molecule has 2 rings (SSSR count). The van der Waals surface area contributed by atoms with Gasteiger partial charge in [0.2, 0.25) is 5.90 Å². The van der Waals surface area contributed by atoms with E-state index in [1.54, 1.807) is 25.1 Å². The van der Waals surface area contributed by atoms with Gasteiger partial charge < -0.3 is 20.1 Å². The van der Waals surface area contributed by atoms with Crippen LogP contribution >= 0.6 is 0 Å². The molecule has 0 aromatic heterocycles. The average molecular weight is 237 g/mol. The summed E-state index contributed by atoms with van der Waals surface area (Å²) >= 11 is 0. The molecule has 0 radical (unpaired) electrons. The number of aliphatic hydroxyl groups excluding tert-OH is 2. The van der Waals surface area contributed by atoms with Crippen LogP contribution < -0.4 is 0 Å². The summed E-state index contributed by atoms with van der Waals surface area (Å²) < 4.78 is 5.38. The molecule has 0 unspecified atom stereocenters. The van der Waals surface area contributed by atoms with Crippen LogP contribution in [0.2, 0.25) is 0 Å². The summed E-state index contributed by atoms with van der Waals surface area (Å²) in [4.78, 5) is 4.20. The molecule has 2 atom stereocenters. The molecule has 92 valence electrons. The molecule has 0 aliphatic carbocycles. The Morgan fingerprint density at radius 1 is 1.53 bits per heavy atom. The van der Waals surface area contributed by atoms with Gasteiger partial charge >= 0.3 is 0 Å². The van der Waals surface area contributed by atoms with Gasteiger partial charge in [-0.2, -0.15) is 0 Å². The molecule has 0 spiro atoms. The minimum Gasteiger partial charge on any atom is -0.508 e. The number of aromatic hydroxyl groups is 1. The number of phenolic OH excluding ortho intramolecular Hbond substituents is 1. The second kappa shape index (κ2) is 4.73. The summed E-state index contributed by atoms with van der Waals surface area (Å²) in [5.74, 6) is 0.579. The first-order valence-electron chi connectivity index (χ1n) is 5.42. The normalized spacial score (nSPS) is 20.9. The lowest BCUT2D eigenvalue weighted by molar-refractivity contribution is 0.0666. The second-order valence-electron chi connectivity index (χ2n) is 4.01. The highest BCUT2D eigenvalue weighted by molar-refractivity contribution is 5.97. The van der Waals surface area contributed by atoms with E-state index >= 15 is 0 Å². The van der Waals surface area contributed by atoms with Gasteiger partial charge in [-0.15, -0.1) is 0 Å². The highest BCUT2D eigenvalue weighted by Crippen LogP contribution is 2.23. The minimum atomic E-state index is -0.912. The van der Waals surface area contributed by atoms with Gasteiger partial charge in [0.25, 0.3) is 0 Å². The zero-order valence-electron chi connectivity index (χ0n) is 9.50. The Morgan fingerprint density at radius 2 is 2.29 bits per heavy atom. The first-order valence-corrected chi connectivity index (χ1v) is 5.42. The van der Waals surface area contributed by atoms with Crippen LogP contribution in [0.15, 0.2) is 23.2 Å². The van der Waals surface area contributed by atoms with Crippen LogP contribution in [-0.4, -0.2) is 46.6 Å². The number of hydrogen-bond donors (Lipinski definition) is 3. The molecule has 17 heavy (non-hydrogen) atoms. The van der Waals surface area contributed by atoms with Crippen molar-refractivity contribution < 1.29 is 20.1 Å². The van der Waals surface area contributed by atoms with Crippen LogP contribution in [0.4, 0.5) is 0 Å². The maximum Gasteiger partial charge on any atom is 0.217 e. The van der Waals surface area contributed by atoms with Gasteiger partial charge in [0.05, 0.1) is 6.61 Å². The van der Waals surface area contributed by atoms with E-state index in [4.69, 9.17) is 9.84 Å². The summed E-state index contributed by atoms with van der Waals surface area (Å²) in [5, 5.41) is 27.9. The molecule has 1 aromatic carbocycles. The summed E-state index contributed by atoms with van der Waals surface area (Å²) in [6.45, 7) is 1.67. The predicted octanol–water partition coefficient (Wildman–Crippen LogP) is 0.199. The molecule has 1 aliphatic heterocycles. The Balaban J connectivity index is 2.27. The van der Waals surface area contributed by atoms with Crippen LogP contribution in [0, 0.1) is 6.92 Å². The fourth-order valence-corrected chi connectivity index (χ4v) is 1.71. The SMILES string of the molecule is Cc1c(O)cccc1C1=N[C@H]([C@@H](O)CO)CO1. The van der Waals surface area contributed by atoms with E-state index in [9.17, 15) is 10.2 Å². The van der Waals surface area contributed by atoms with Crippen molar-refractivity contribution in [3.8, 4) is 5.75 Å². The molecule has 1 aliphatic rings. The molecule has 0 saturated carbocycles. The Bertz CT molecular complexity index is 444. The minimum absolute atomic E-state index is 0.181. The quantitative estimate of drug-likeness (QED) is 0.701. The fourth-order valence-electron chi connectivity index (χ4n) is 1.71. The molecule has 0 fully saturated rings. The van der Waals surface area contributed by atoms with Crippen LogP contribution in [0.1, 0.15) is 11.1 Å². The molecular formula is C12H15NO4. The van der Waals surface area contributed by atoms with Crippen LogP contribution in [0.3, 0.4) is 0 Å². The maximum atomic E-state index is 9.58. The van der Waals surface area contributed by atoms with E-state index in [1.807, 2.05) is 0 Å². The molecular weight excluding hydrogens is 222 g/mol. The number of rotatable bonds is 3. The van der Waals surface area contributed by atoms with Crippen molar-refractivity contribution in [3.63, 3.8) is 0 Å². The van der Waals surface area contributed by atoms with Crippen LogP contribution in [-0.2, 0) is 4.74 Å². The third kappa shape index (κ3) is 2.25. The second-order valence-corrected chi connectivity index (χ2v) is 4.01. The molecule has 0 amide bonds. The summed E-state index contributed by atoms with van der Waals surface area (Å²) in [7, 11) is 0. The topological polar surface area (TPSA) is 82.3 Å². The van der Waals surface area contributed by atoms with Crippen molar-refractivity contribution in [3.05, 3.63) is 29.3 Å². The van der Waals surface area contributed by atoms with Crippen molar-refractivity contribution in [1.29, 1.82) is 0 Å². The number of ether oxygens (including phenoxy) is 1. The monoisotopic (exact) mass is 237 g/mol. The summed E-state index contributed by atoms with van der Waals surface area (Å²) in [6, 6.07) is 4.65. The van der Waals surface area contributed by atoms with Gasteiger partial charge in [-0.3, -0.25) is 0 Å². The first kappa shape index (κ1) is 11.9. The van der Waals surface area contributed by atoms with Gasteiger partial charge in [-0.1, -0.05) is 6.07 Å². The van der Waals surface area contributed by atoms with Gasteiger partial charge in [-0.05, 0) is 19.1 Å². The van der Waals surface area contributed by atoms with E-state index in [1.165, 1.54) is 0 Å². The van der Waals surface area contributed by atoms with Crippen LogP contribution in [0.25, 0.3) is 0 Å². The molecule has 3 N–H and O–H groups in total. The lowest BCUT2D eigenvalue weighted by atomic mass is 10.1. The van der Waals surface area contributed by atoms with Crippen molar-refractivity contribution >= 4 is 5.90 Å². The zero-order chi connectivity index (χ0) is 12.4. The Labute approximate surface area is 99.0 Å². The molecule has 5 nitrogen and oxygen atoms in total. The Kier molecular flexibility index (Phi) is 3.31. The van der Waals surface area contributed by atoms with Crippen molar-refractivity contribution in [2.45, 2.75) is 19.1 Å². The van der Waals surface area contributed by atoms with E-state index in [2.05, 4.69) is 4.99 Å². The lowest BCUT2D eigenvalue weighted by Gasteiger charge is -2.09. The highest BCUT2D eigenvalue weighted by atomic mass is 16.5. The predicted molar refractivity (Wildman–Crippen MR) is 62.2 cm³/mol. The lowest BCUT2D eigenvalue weighted by Crippen LogP contribution is -2.28. The molecule has 5 heteroatoms. The summed E-state index contributed by atoms with van der Waals surface area (Å²) in [6.07, 6.45) is -0.912. The molecule has 0 saturated heterocycles. The summed E-state index contributed by atoms with van der Waals surface area (Å²) in [5.41, 5.74) is 1.39. The van der Waals surface area contributed by atoms with Crippen molar-refractivity contribution in [2.75, 3.05) is 13.2 Å². The average Bonchev–Trinajstić information content (AvgIpc) is 2.81. The smallest absolute Gasteiger partial charge is 0.217 e. The number of aliphatic hydroxyl groups is 2. The van der Waals surface area contributed by atoms with Crippen LogP contribution in [0.5, 0.6) is 5.75 Å². The first-order chi connectivity index (χ1) is 8.13. The van der Waals surface area contributed by atoms with Gasteiger partial charge in [0.1, 0.15) is 24.5 Å². The number of benzene rings is 1. The third-order valence-corrected chi connectivity index (χ3v) is 2.84. The van der Waals surface area contributed by atoms with E-state index in [-0.39, 0.29) is 19.0 Å². The zero-order valence-corrected chi connectivity index (χ0v) is 9.50. The number of nitrogens with zero attached hydrogens (tertiary/aromatic N) is 1. The number of hydrogen-bond acceptors (Lipinski definition) is 5. The number of phenols is 1. The molecule has 1 aromatic rings. The third-order valence-electron chi connectivity index (χ3n) is 2.84. The molecule has 1 heterocycles. The van der Waals surface area contributed by atoms with Gasteiger partial charge in [0.15, 0.2) is 0 Å². The fraction of sp³-hybridized carbons (Fsp3) is 0.417. The standard InChI is InChI=1S/C12H15NO4/c1-7-8(3-2-4-10(7)15)12-13-9(6-17-12)11(16)5-14/h2-4,9,11,14-16H,5-6H2,1H3/t9-,11-/m0/s1. The number of aliphatic imine (C=N–C) groups is 1. The molecule has 0 bridgehead atoms. The highest BCUT2D eigenvalue weighted by Gasteiger charge is 2.27. The van der Waals surface area contributed by atoms with Gasteiger partial charge in [0, 0.05) is 11.1 Å². The van der Waals surface area contributed by atoms with Crippen molar-refractivity contribution in [2.24, 2.45) is 4.99 Å². The van der Waals surface area contributed by atoms with E-state index in [0.29, 0.717) is 17.0 Å². The van der Waals surface area contributed by atoms with E-state index < -0.39 is 12.1 Å². The van der Waals surface area contributed by atoms with Gasteiger partial charge in [-0.25, -0.2) is 4.99 Å². The van der Waals surface area contributed by atoms with Crippen molar-refractivity contribution in [1.82, 2.24) is 0 Å².